The SMILES string of the molecule is CCOC(=O)COc1cc2c(cc1C1c3ccccc3CCN1C(=O)OCc1ccccc1)OCO2. The topological polar surface area (TPSA) is 83.5 Å². The van der Waals surface area contributed by atoms with Crippen LogP contribution >= 0.6 is 0 Å². The van der Waals surface area contributed by atoms with Crippen molar-refractivity contribution in [2.45, 2.75) is 26.0 Å². The fourth-order valence-electron chi connectivity index (χ4n) is 4.52. The zero-order chi connectivity index (χ0) is 24.9. The summed E-state index contributed by atoms with van der Waals surface area (Å²) in [4.78, 5) is 27.1. The molecule has 3 aromatic rings. The molecule has 36 heavy (non-hydrogen) atoms. The largest absolute Gasteiger partial charge is 0.481 e. The van der Waals surface area contributed by atoms with E-state index in [1.165, 1.54) is 0 Å². The molecule has 2 aliphatic rings. The zero-order valence-electron chi connectivity index (χ0n) is 20.0. The lowest BCUT2D eigenvalue weighted by Crippen LogP contribution is -2.41. The lowest BCUT2D eigenvalue weighted by atomic mass is 9.88. The number of amides is 1. The van der Waals surface area contributed by atoms with Gasteiger partial charge < -0.3 is 23.7 Å². The molecule has 5 rings (SSSR count). The second-order valence-corrected chi connectivity index (χ2v) is 8.42. The van der Waals surface area contributed by atoms with Gasteiger partial charge in [0.25, 0.3) is 0 Å². The standard InChI is InChI=1S/C28H27NO7/c1-2-32-26(30)17-33-23-15-25-24(35-18-36-25)14-22(23)27-21-11-7-6-10-20(21)12-13-29(27)28(31)34-16-19-8-4-3-5-9-19/h3-11,14-15,27H,2,12-13,16-18H2,1H3. The average molecular weight is 490 g/mol. The second kappa shape index (κ2) is 10.6. The van der Waals surface area contributed by atoms with Crippen molar-refractivity contribution in [3.8, 4) is 17.2 Å². The predicted octanol–water partition coefficient (Wildman–Crippen LogP) is 4.64. The maximum absolute atomic E-state index is 13.4. The van der Waals surface area contributed by atoms with Gasteiger partial charge in [-0.25, -0.2) is 9.59 Å². The van der Waals surface area contributed by atoms with Gasteiger partial charge in [0.15, 0.2) is 18.1 Å². The molecule has 1 amide bonds. The fraction of sp³-hybridized carbons (Fsp3) is 0.286. The van der Waals surface area contributed by atoms with Gasteiger partial charge in [0.2, 0.25) is 6.79 Å². The van der Waals surface area contributed by atoms with Crippen molar-refractivity contribution in [2.24, 2.45) is 0 Å². The van der Waals surface area contributed by atoms with Crippen LogP contribution < -0.4 is 14.2 Å². The number of fused-ring (bicyclic) bond motifs is 2. The molecule has 0 aliphatic carbocycles. The molecule has 3 aromatic carbocycles. The maximum atomic E-state index is 13.4. The normalized spacial score (nSPS) is 15.7. The van der Waals surface area contributed by atoms with Crippen LogP contribution in [0.4, 0.5) is 4.79 Å². The number of carbonyl (C=O) groups is 2. The molecule has 1 atom stereocenters. The Hall–Kier alpha value is -4.20. The summed E-state index contributed by atoms with van der Waals surface area (Å²) in [6.07, 6.45) is 0.254. The quantitative estimate of drug-likeness (QED) is 0.447. The van der Waals surface area contributed by atoms with E-state index in [1.54, 1.807) is 17.9 Å². The molecule has 1 unspecified atom stereocenters. The number of ether oxygens (including phenoxy) is 5. The van der Waals surface area contributed by atoms with Crippen molar-refractivity contribution in [2.75, 3.05) is 26.6 Å². The van der Waals surface area contributed by atoms with Crippen LogP contribution in [0.1, 0.15) is 35.2 Å². The van der Waals surface area contributed by atoms with E-state index in [1.807, 2.05) is 54.6 Å². The number of benzene rings is 3. The smallest absolute Gasteiger partial charge is 0.410 e. The zero-order valence-corrected chi connectivity index (χ0v) is 20.0. The first-order valence-electron chi connectivity index (χ1n) is 11.9. The number of esters is 1. The molecule has 0 fully saturated rings. The first kappa shape index (κ1) is 23.5. The Kier molecular flexibility index (Phi) is 6.93. The highest BCUT2D eigenvalue weighted by atomic mass is 16.7. The molecule has 2 aliphatic heterocycles. The molecule has 0 aromatic heterocycles. The van der Waals surface area contributed by atoms with Crippen LogP contribution in [0.25, 0.3) is 0 Å². The Morgan fingerprint density at radius 3 is 2.50 bits per heavy atom. The third kappa shape index (κ3) is 4.93. The monoisotopic (exact) mass is 489 g/mol. The van der Waals surface area contributed by atoms with Crippen LogP contribution in [-0.2, 0) is 27.3 Å². The highest BCUT2D eigenvalue weighted by Crippen LogP contribution is 2.45. The van der Waals surface area contributed by atoms with Crippen molar-refractivity contribution in [1.82, 2.24) is 4.90 Å². The van der Waals surface area contributed by atoms with Crippen LogP contribution in [0, 0.1) is 0 Å². The highest BCUT2D eigenvalue weighted by molar-refractivity contribution is 5.72. The second-order valence-electron chi connectivity index (χ2n) is 8.42. The van der Waals surface area contributed by atoms with Gasteiger partial charge in [-0.15, -0.1) is 0 Å². The van der Waals surface area contributed by atoms with E-state index in [9.17, 15) is 9.59 Å². The molecular weight excluding hydrogens is 462 g/mol. The molecule has 0 saturated heterocycles. The van der Waals surface area contributed by atoms with Gasteiger partial charge in [0.05, 0.1) is 12.6 Å². The van der Waals surface area contributed by atoms with E-state index in [0.29, 0.717) is 35.8 Å². The Morgan fingerprint density at radius 1 is 0.944 bits per heavy atom. The van der Waals surface area contributed by atoms with Gasteiger partial charge in [-0.2, -0.15) is 0 Å². The first-order valence-corrected chi connectivity index (χ1v) is 11.9. The number of hydrogen-bond donors (Lipinski definition) is 0. The van der Waals surface area contributed by atoms with Gasteiger partial charge >= 0.3 is 12.1 Å². The molecule has 8 nitrogen and oxygen atoms in total. The molecule has 8 heteroatoms. The molecular formula is C28H27NO7. The molecule has 0 spiro atoms. The minimum Gasteiger partial charge on any atom is -0.481 e. The number of nitrogens with zero attached hydrogens (tertiary/aromatic N) is 1. The van der Waals surface area contributed by atoms with Crippen molar-refractivity contribution in [3.63, 3.8) is 0 Å². The molecule has 0 N–H and O–H groups in total. The fourth-order valence-corrected chi connectivity index (χ4v) is 4.52. The molecule has 0 saturated carbocycles. The van der Waals surface area contributed by atoms with Gasteiger partial charge in [0, 0.05) is 18.2 Å². The molecule has 0 radical (unpaired) electrons. The van der Waals surface area contributed by atoms with E-state index in [-0.39, 0.29) is 26.6 Å². The van der Waals surface area contributed by atoms with Crippen molar-refractivity contribution < 1.29 is 33.3 Å². The van der Waals surface area contributed by atoms with Gasteiger partial charge in [-0.05, 0) is 36.1 Å². The number of carbonyl (C=O) groups excluding carboxylic acids is 2. The van der Waals surface area contributed by atoms with Crippen molar-refractivity contribution in [3.05, 3.63) is 89.0 Å². The molecule has 0 bridgehead atoms. The van der Waals surface area contributed by atoms with E-state index >= 15 is 0 Å². The summed E-state index contributed by atoms with van der Waals surface area (Å²) >= 11 is 0. The molecule has 2 heterocycles. The minimum absolute atomic E-state index is 0.0835. The summed E-state index contributed by atoms with van der Waals surface area (Å²) in [5.41, 5.74) is 3.66. The summed E-state index contributed by atoms with van der Waals surface area (Å²) in [5, 5.41) is 0. The number of hydrogen-bond acceptors (Lipinski definition) is 7. The highest BCUT2D eigenvalue weighted by Gasteiger charge is 2.36. The summed E-state index contributed by atoms with van der Waals surface area (Å²) in [6, 6.07) is 20.5. The van der Waals surface area contributed by atoms with Crippen LogP contribution in [0.5, 0.6) is 17.2 Å². The minimum atomic E-state index is -0.509. The van der Waals surface area contributed by atoms with E-state index in [0.717, 1.165) is 16.7 Å². The van der Waals surface area contributed by atoms with Crippen LogP contribution in [-0.4, -0.2) is 43.5 Å². The summed E-state index contributed by atoms with van der Waals surface area (Å²) < 4.78 is 27.8. The lowest BCUT2D eigenvalue weighted by molar-refractivity contribution is -0.145. The maximum Gasteiger partial charge on any atom is 0.410 e. The van der Waals surface area contributed by atoms with Gasteiger partial charge in [-0.3, -0.25) is 4.90 Å². The number of rotatable bonds is 7. The van der Waals surface area contributed by atoms with Gasteiger partial charge in [-0.1, -0.05) is 54.6 Å². The van der Waals surface area contributed by atoms with E-state index in [4.69, 9.17) is 23.7 Å². The Balaban J connectivity index is 1.50. The third-order valence-electron chi connectivity index (χ3n) is 6.17. The first-order chi connectivity index (χ1) is 17.6. The van der Waals surface area contributed by atoms with Crippen molar-refractivity contribution in [1.29, 1.82) is 0 Å². The summed E-state index contributed by atoms with van der Waals surface area (Å²) in [5.74, 6) is 0.994. The Labute approximate surface area is 209 Å². The summed E-state index contributed by atoms with van der Waals surface area (Å²) in [6.45, 7) is 2.43. The van der Waals surface area contributed by atoms with Crippen LogP contribution in [0.15, 0.2) is 66.7 Å². The van der Waals surface area contributed by atoms with Crippen molar-refractivity contribution >= 4 is 12.1 Å². The van der Waals surface area contributed by atoms with Crippen LogP contribution in [0.2, 0.25) is 0 Å². The van der Waals surface area contributed by atoms with Crippen LogP contribution in [0.3, 0.4) is 0 Å². The summed E-state index contributed by atoms with van der Waals surface area (Å²) in [7, 11) is 0. The molecule has 186 valence electrons. The Bertz CT molecular complexity index is 1240. The lowest BCUT2D eigenvalue weighted by Gasteiger charge is -2.37. The average Bonchev–Trinajstić information content (AvgIpc) is 3.37. The van der Waals surface area contributed by atoms with Gasteiger partial charge in [0.1, 0.15) is 12.4 Å². The third-order valence-corrected chi connectivity index (χ3v) is 6.17. The Morgan fingerprint density at radius 2 is 1.69 bits per heavy atom. The van der Waals surface area contributed by atoms with E-state index < -0.39 is 18.1 Å². The van der Waals surface area contributed by atoms with E-state index in [2.05, 4.69) is 6.07 Å². The predicted molar refractivity (Wildman–Crippen MR) is 130 cm³/mol.